The molecule has 0 radical (unpaired) electrons. The van der Waals surface area contributed by atoms with E-state index in [1.165, 1.54) is 36.7 Å². The van der Waals surface area contributed by atoms with E-state index in [0.29, 0.717) is 5.56 Å². The number of hydrogen-bond donors (Lipinski definition) is 2. The van der Waals surface area contributed by atoms with Crippen LogP contribution in [0.4, 0.5) is 13.2 Å². The minimum absolute atomic E-state index is 0.170. The molecule has 0 aliphatic rings. The maximum atomic E-state index is 12.8. The van der Waals surface area contributed by atoms with Crippen molar-refractivity contribution >= 4 is 17.5 Å². The van der Waals surface area contributed by atoms with Gasteiger partial charge in [0.2, 0.25) is 5.56 Å². The molecule has 2 N–H and O–H groups in total. The Morgan fingerprint density at radius 1 is 1.11 bits per heavy atom. The highest BCUT2D eigenvalue weighted by Crippen LogP contribution is 2.32. The summed E-state index contributed by atoms with van der Waals surface area (Å²) in [5, 5.41) is 2.94. The summed E-state index contributed by atoms with van der Waals surface area (Å²) in [6.07, 6.45) is -1.78. The molecule has 1 unspecified atom stereocenters. The summed E-state index contributed by atoms with van der Waals surface area (Å²) >= 11 is 6.18. The molecule has 3 rings (SSSR count). The number of halogens is 4. The summed E-state index contributed by atoms with van der Waals surface area (Å²) in [5.41, 5.74) is -0.366. The highest BCUT2D eigenvalue weighted by atomic mass is 35.5. The molecule has 0 bridgehead atoms. The zero-order chi connectivity index (χ0) is 20.3. The van der Waals surface area contributed by atoms with Crippen molar-refractivity contribution in [3.8, 4) is 0 Å². The Kier molecular flexibility index (Phi) is 5.51. The number of rotatable bonds is 4. The largest absolute Gasteiger partial charge is 0.416 e. The molecule has 1 amide bonds. The van der Waals surface area contributed by atoms with Gasteiger partial charge in [0.05, 0.1) is 27.9 Å². The van der Waals surface area contributed by atoms with Crippen molar-refractivity contribution in [1.82, 2.24) is 15.3 Å². The van der Waals surface area contributed by atoms with Crippen LogP contribution in [-0.2, 0) is 6.18 Å². The molecule has 0 saturated carbocycles. The van der Waals surface area contributed by atoms with Crippen molar-refractivity contribution in [2.75, 3.05) is 0 Å². The minimum Gasteiger partial charge on any atom is -0.339 e. The average Bonchev–Trinajstić information content (AvgIpc) is 2.66. The maximum Gasteiger partial charge on any atom is 0.416 e. The molecule has 1 aromatic carbocycles. The number of pyridine rings is 2. The SMILES string of the molecule is O=C(NC(c1ccc(C(F)(F)F)cc1)c1ncccc1Cl)c1ccc(=O)[nH]c1. The van der Waals surface area contributed by atoms with Gasteiger partial charge in [-0.1, -0.05) is 23.7 Å². The summed E-state index contributed by atoms with van der Waals surface area (Å²) < 4.78 is 38.5. The van der Waals surface area contributed by atoms with Gasteiger partial charge in [0.1, 0.15) is 0 Å². The van der Waals surface area contributed by atoms with Crippen molar-refractivity contribution in [3.63, 3.8) is 0 Å². The molecule has 0 saturated heterocycles. The van der Waals surface area contributed by atoms with Crippen LogP contribution in [0.2, 0.25) is 5.02 Å². The number of aromatic amines is 1. The average molecular weight is 408 g/mol. The fraction of sp³-hybridized carbons (Fsp3) is 0.105. The number of aromatic nitrogens is 2. The molecule has 2 heterocycles. The number of carbonyl (C=O) groups is 1. The molecule has 0 aliphatic heterocycles. The number of alkyl halides is 3. The molecule has 0 fully saturated rings. The van der Waals surface area contributed by atoms with E-state index in [0.717, 1.165) is 12.1 Å². The number of hydrogen-bond acceptors (Lipinski definition) is 3. The highest BCUT2D eigenvalue weighted by molar-refractivity contribution is 6.31. The Morgan fingerprint density at radius 3 is 2.39 bits per heavy atom. The normalized spacial score (nSPS) is 12.4. The second kappa shape index (κ2) is 7.85. The van der Waals surface area contributed by atoms with E-state index in [2.05, 4.69) is 15.3 Å². The molecule has 5 nitrogen and oxygen atoms in total. The van der Waals surface area contributed by atoms with Crippen LogP contribution in [0.3, 0.4) is 0 Å². The second-order valence-electron chi connectivity index (χ2n) is 5.84. The number of amides is 1. The first kappa shape index (κ1) is 19.6. The van der Waals surface area contributed by atoms with E-state index in [4.69, 9.17) is 11.6 Å². The number of carbonyl (C=O) groups excluding carboxylic acids is 1. The number of nitrogens with one attached hydrogen (secondary N) is 2. The highest BCUT2D eigenvalue weighted by Gasteiger charge is 2.31. The van der Waals surface area contributed by atoms with Crippen molar-refractivity contribution in [2.45, 2.75) is 12.2 Å². The van der Waals surface area contributed by atoms with Gasteiger partial charge in [-0.3, -0.25) is 14.6 Å². The van der Waals surface area contributed by atoms with Crippen molar-refractivity contribution < 1.29 is 18.0 Å². The molecule has 0 aliphatic carbocycles. The summed E-state index contributed by atoms with van der Waals surface area (Å²) in [7, 11) is 0. The third-order valence-electron chi connectivity index (χ3n) is 3.95. The lowest BCUT2D eigenvalue weighted by atomic mass is 10.0. The Hall–Kier alpha value is -3.13. The molecular formula is C19H13ClF3N3O2. The molecular weight excluding hydrogens is 395 g/mol. The Morgan fingerprint density at radius 2 is 1.82 bits per heavy atom. The first-order chi connectivity index (χ1) is 13.3. The van der Waals surface area contributed by atoms with Crippen LogP contribution in [0.15, 0.2) is 65.7 Å². The summed E-state index contributed by atoms with van der Waals surface area (Å²) in [5.74, 6) is -0.553. The predicted molar refractivity (Wildman–Crippen MR) is 97.1 cm³/mol. The van der Waals surface area contributed by atoms with Crippen LogP contribution in [-0.4, -0.2) is 15.9 Å². The van der Waals surface area contributed by atoms with E-state index in [9.17, 15) is 22.8 Å². The summed E-state index contributed by atoms with van der Waals surface area (Å²) in [6.45, 7) is 0. The van der Waals surface area contributed by atoms with Gasteiger partial charge in [-0.25, -0.2) is 0 Å². The molecule has 144 valence electrons. The summed E-state index contributed by atoms with van der Waals surface area (Å²) in [4.78, 5) is 30.3. The Balaban J connectivity index is 1.98. The molecule has 9 heteroatoms. The maximum absolute atomic E-state index is 12.8. The van der Waals surface area contributed by atoms with Crippen LogP contribution in [0.5, 0.6) is 0 Å². The molecule has 1 atom stereocenters. The lowest BCUT2D eigenvalue weighted by molar-refractivity contribution is -0.137. The van der Waals surface area contributed by atoms with Gasteiger partial charge < -0.3 is 10.3 Å². The lowest BCUT2D eigenvalue weighted by Gasteiger charge is -2.20. The third-order valence-corrected chi connectivity index (χ3v) is 4.27. The van der Waals surface area contributed by atoms with Crippen LogP contribution in [0.1, 0.15) is 33.2 Å². The fourth-order valence-corrected chi connectivity index (χ4v) is 2.78. The van der Waals surface area contributed by atoms with Crippen LogP contribution in [0.25, 0.3) is 0 Å². The van der Waals surface area contributed by atoms with Crippen molar-refractivity contribution in [2.24, 2.45) is 0 Å². The zero-order valence-electron chi connectivity index (χ0n) is 14.1. The van der Waals surface area contributed by atoms with E-state index >= 15 is 0 Å². The molecule has 3 aromatic rings. The van der Waals surface area contributed by atoms with E-state index in [1.807, 2.05) is 0 Å². The van der Waals surface area contributed by atoms with Gasteiger partial charge >= 0.3 is 6.18 Å². The van der Waals surface area contributed by atoms with Gasteiger partial charge in [-0.05, 0) is 35.9 Å². The lowest BCUT2D eigenvalue weighted by Crippen LogP contribution is -2.30. The van der Waals surface area contributed by atoms with Gasteiger partial charge in [-0.15, -0.1) is 0 Å². The van der Waals surface area contributed by atoms with E-state index in [-0.39, 0.29) is 21.8 Å². The first-order valence-electron chi connectivity index (χ1n) is 8.03. The molecule has 2 aromatic heterocycles. The van der Waals surface area contributed by atoms with Gasteiger partial charge in [-0.2, -0.15) is 13.2 Å². The predicted octanol–water partition coefficient (Wildman–Crippen LogP) is 3.96. The zero-order valence-corrected chi connectivity index (χ0v) is 14.9. The fourth-order valence-electron chi connectivity index (χ4n) is 2.55. The second-order valence-corrected chi connectivity index (χ2v) is 6.25. The molecule has 0 spiro atoms. The van der Waals surface area contributed by atoms with Crippen LogP contribution < -0.4 is 10.9 Å². The minimum atomic E-state index is -4.48. The number of benzene rings is 1. The third kappa shape index (κ3) is 4.40. The van der Waals surface area contributed by atoms with Gasteiger partial charge in [0.25, 0.3) is 5.91 Å². The van der Waals surface area contributed by atoms with E-state index < -0.39 is 23.7 Å². The van der Waals surface area contributed by atoms with Crippen LogP contribution in [0, 0.1) is 0 Å². The number of nitrogens with zero attached hydrogens (tertiary/aromatic N) is 1. The van der Waals surface area contributed by atoms with Crippen molar-refractivity contribution in [3.05, 3.63) is 98.7 Å². The van der Waals surface area contributed by atoms with Crippen molar-refractivity contribution in [1.29, 1.82) is 0 Å². The number of H-pyrrole nitrogens is 1. The standard InChI is InChI=1S/C19H13ClF3N3O2/c20-14-2-1-9-24-17(14)16(11-3-6-13(7-4-11)19(21,22)23)26-18(28)12-5-8-15(27)25-10-12/h1-10,16H,(H,25,27)(H,26,28). The smallest absolute Gasteiger partial charge is 0.339 e. The van der Waals surface area contributed by atoms with E-state index in [1.54, 1.807) is 12.1 Å². The van der Waals surface area contributed by atoms with Crippen LogP contribution >= 0.6 is 11.6 Å². The van der Waals surface area contributed by atoms with Gasteiger partial charge in [0, 0.05) is 18.5 Å². The quantitative estimate of drug-likeness (QED) is 0.687. The van der Waals surface area contributed by atoms with Gasteiger partial charge in [0.15, 0.2) is 0 Å². The summed E-state index contributed by atoms with van der Waals surface area (Å²) in [6, 6.07) is 9.14. The first-order valence-corrected chi connectivity index (χ1v) is 8.40. The molecule has 28 heavy (non-hydrogen) atoms. The Labute approximate surface area is 162 Å². The topological polar surface area (TPSA) is 74.8 Å². The monoisotopic (exact) mass is 407 g/mol. The Bertz CT molecular complexity index is 1030.